The molecule has 0 radical (unpaired) electrons. The van der Waals surface area contributed by atoms with Crippen LogP contribution in [0.1, 0.15) is 5.56 Å². The second kappa shape index (κ2) is 5.02. The highest BCUT2D eigenvalue weighted by molar-refractivity contribution is 9.10. The zero-order valence-electron chi connectivity index (χ0n) is 10.5. The molecule has 19 heavy (non-hydrogen) atoms. The van der Waals surface area contributed by atoms with Gasteiger partial charge in [0.15, 0.2) is 0 Å². The molecule has 0 saturated carbocycles. The predicted octanol–water partition coefficient (Wildman–Crippen LogP) is 4.45. The number of rotatable bonds is 1. The van der Waals surface area contributed by atoms with E-state index in [-0.39, 0.29) is 0 Å². The molecule has 3 rings (SSSR count). The summed E-state index contributed by atoms with van der Waals surface area (Å²) in [6, 6.07) is 6.15. The Balaban J connectivity index is 1.94. The number of likely N-dealkylation sites (N-methyl/N-ethyl adjacent to an activating group) is 1. The van der Waals surface area contributed by atoms with Gasteiger partial charge in [0.2, 0.25) is 0 Å². The first-order valence-electron chi connectivity index (χ1n) is 6.08. The van der Waals surface area contributed by atoms with E-state index in [9.17, 15) is 0 Å². The van der Waals surface area contributed by atoms with Gasteiger partial charge in [-0.1, -0.05) is 28.1 Å². The highest BCUT2D eigenvalue weighted by atomic mass is 79.9. The molecule has 2 aliphatic rings. The topological polar surface area (TPSA) is 15.6 Å². The molecule has 1 aromatic carbocycles. The summed E-state index contributed by atoms with van der Waals surface area (Å²) in [7, 11) is 2.04. The maximum absolute atomic E-state index is 4.42. The summed E-state index contributed by atoms with van der Waals surface area (Å²) < 4.78 is 1.08. The molecule has 2 aliphatic heterocycles. The molecule has 0 aliphatic carbocycles. The first kappa shape index (κ1) is 12.2. The molecule has 0 N–H and O–H groups in total. The van der Waals surface area contributed by atoms with E-state index in [1.807, 2.05) is 43.7 Å². The third-order valence-electron chi connectivity index (χ3n) is 3.14. The van der Waals surface area contributed by atoms with E-state index in [1.165, 1.54) is 5.56 Å². The maximum Gasteiger partial charge on any atom is 0.0709 e. The smallest absolute Gasteiger partial charge is 0.0709 e. The number of allylic oxidation sites excluding steroid dienone is 6. The number of aliphatic imine (C=N–C) groups is 1. The standard InChI is InChI=1S/C16H13BrN2/c1-19-9-3-2-4-14(19)7-5-12-11-18-16-8-6-13(17)10-15(12)16/h2-11H,1H3/b12-5+,14-7-. The first-order chi connectivity index (χ1) is 9.24. The highest BCUT2D eigenvalue weighted by Gasteiger charge is 2.11. The lowest BCUT2D eigenvalue weighted by atomic mass is 10.1. The van der Waals surface area contributed by atoms with Crippen LogP contribution >= 0.6 is 15.9 Å². The average Bonchev–Trinajstić information content (AvgIpc) is 2.80. The molecule has 1 aromatic rings. The summed E-state index contributed by atoms with van der Waals surface area (Å²) in [5, 5.41) is 0. The van der Waals surface area contributed by atoms with Gasteiger partial charge in [-0.3, -0.25) is 4.99 Å². The number of nitrogens with zero attached hydrogens (tertiary/aromatic N) is 2. The zero-order valence-corrected chi connectivity index (χ0v) is 12.1. The molecule has 2 nitrogen and oxygen atoms in total. The molecule has 0 fully saturated rings. The number of halogens is 1. The van der Waals surface area contributed by atoms with E-state index in [4.69, 9.17) is 0 Å². The molecular weight excluding hydrogens is 300 g/mol. The van der Waals surface area contributed by atoms with Crippen molar-refractivity contribution in [2.24, 2.45) is 4.99 Å². The highest BCUT2D eigenvalue weighted by Crippen LogP contribution is 2.33. The Morgan fingerprint density at radius 2 is 2.11 bits per heavy atom. The molecule has 0 amide bonds. The molecule has 0 aromatic heterocycles. The van der Waals surface area contributed by atoms with Crippen molar-refractivity contribution in [1.29, 1.82) is 0 Å². The molecule has 0 atom stereocenters. The average molecular weight is 313 g/mol. The maximum atomic E-state index is 4.42. The molecule has 0 saturated heterocycles. The van der Waals surface area contributed by atoms with Gasteiger partial charge < -0.3 is 4.90 Å². The van der Waals surface area contributed by atoms with Crippen LogP contribution in [0.15, 0.2) is 69.9 Å². The lowest BCUT2D eigenvalue weighted by Crippen LogP contribution is -2.09. The molecule has 0 unspecified atom stereocenters. The minimum absolute atomic E-state index is 1.03. The largest absolute Gasteiger partial charge is 0.351 e. The third kappa shape index (κ3) is 2.47. The first-order valence-corrected chi connectivity index (χ1v) is 6.87. The molecule has 0 spiro atoms. The minimum atomic E-state index is 1.03. The van der Waals surface area contributed by atoms with Crippen molar-refractivity contribution in [2.45, 2.75) is 0 Å². The van der Waals surface area contributed by atoms with Gasteiger partial charge in [-0.25, -0.2) is 0 Å². The van der Waals surface area contributed by atoms with Gasteiger partial charge in [0.1, 0.15) is 0 Å². The Hall–Kier alpha value is -1.87. The summed E-state index contributed by atoms with van der Waals surface area (Å²) in [6.45, 7) is 0. The van der Waals surface area contributed by atoms with Gasteiger partial charge >= 0.3 is 0 Å². The van der Waals surface area contributed by atoms with Crippen LogP contribution in [0, 0.1) is 0 Å². The van der Waals surface area contributed by atoms with E-state index in [2.05, 4.69) is 50.1 Å². The van der Waals surface area contributed by atoms with E-state index >= 15 is 0 Å². The van der Waals surface area contributed by atoms with Crippen LogP contribution in [0.25, 0.3) is 5.57 Å². The fraction of sp³-hybridized carbons (Fsp3) is 0.0625. The summed E-state index contributed by atoms with van der Waals surface area (Å²) in [5.41, 5.74) is 4.50. The van der Waals surface area contributed by atoms with Gasteiger partial charge in [0, 0.05) is 40.8 Å². The van der Waals surface area contributed by atoms with Crippen LogP contribution in [0.5, 0.6) is 0 Å². The second-order valence-corrected chi connectivity index (χ2v) is 5.36. The number of fused-ring (bicyclic) bond motifs is 1. The number of hydrogen-bond donors (Lipinski definition) is 0. The van der Waals surface area contributed by atoms with Crippen LogP contribution in [-0.4, -0.2) is 18.2 Å². The van der Waals surface area contributed by atoms with Crippen LogP contribution < -0.4 is 0 Å². The van der Waals surface area contributed by atoms with Crippen molar-refractivity contribution in [2.75, 3.05) is 7.05 Å². The fourth-order valence-electron chi connectivity index (χ4n) is 2.08. The van der Waals surface area contributed by atoms with E-state index in [0.717, 1.165) is 21.4 Å². The molecule has 94 valence electrons. The zero-order chi connectivity index (χ0) is 13.2. The van der Waals surface area contributed by atoms with Gasteiger partial charge in [-0.15, -0.1) is 0 Å². The van der Waals surface area contributed by atoms with Crippen molar-refractivity contribution >= 4 is 33.4 Å². The van der Waals surface area contributed by atoms with E-state index < -0.39 is 0 Å². The van der Waals surface area contributed by atoms with Gasteiger partial charge in [-0.05, 0) is 36.4 Å². The van der Waals surface area contributed by atoms with Crippen LogP contribution in [0.4, 0.5) is 5.69 Å². The quantitative estimate of drug-likeness (QED) is 0.748. The SMILES string of the molecule is CN1C=CC=C/C1=C/C=C1\C=Nc2ccc(Br)cc21. The number of hydrogen-bond acceptors (Lipinski definition) is 2. The van der Waals surface area contributed by atoms with Crippen molar-refractivity contribution < 1.29 is 0 Å². The van der Waals surface area contributed by atoms with E-state index in [1.54, 1.807) is 0 Å². The summed E-state index contributed by atoms with van der Waals surface area (Å²) in [5.74, 6) is 0. The van der Waals surface area contributed by atoms with Crippen LogP contribution in [-0.2, 0) is 0 Å². The van der Waals surface area contributed by atoms with Gasteiger partial charge in [-0.2, -0.15) is 0 Å². The number of benzene rings is 1. The predicted molar refractivity (Wildman–Crippen MR) is 84.4 cm³/mol. The van der Waals surface area contributed by atoms with Crippen molar-refractivity contribution in [3.8, 4) is 0 Å². The van der Waals surface area contributed by atoms with Gasteiger partial charge in [0.05, 0.1) is 5.69 Å². The van der Waals surface area contributed by atoms with Gasteiger partial charge in [0.25, 0.3) is 0 Å². The van der Waals surface area contributed by atoms with Crippen LogP contribution in [0.3, 0.4) is 0 Å². The minimum Gasteiger partial charge on any atom is -0.351 e. The monoisotopic (exact) mass is 312 g/mol. The van der Waals surface area contributed by atoms with Crippen molar-refractivity contribution in [3.05, 3.63) is 70.5 Å². The second-order valence-electron chi connectivity index (χ2n) is 4.44. The lowest BCUT2D eigenvalue weighted by molar-refractivity contribution is 0.584. The van der Waals surface area contributed by atoms with Crippen molar-refractivity contribution in [1.82, 2.24) is 4.90 Å². The summed E-state index contributed by atoms with van der Waals surface area (Å²) in [4.78, 5) is 6.50. The molecular formula is C16H13BrN2. The van der Waals surface area contributed by atoms with E-state index in [0.29, 0.717) is 0 Å². The summed E-state index contributed by atoms with van der Waals surface area (Å²) in [6.07, 6.45) is 14.3. The Labute approximate surface area is 121 Å². The summed E-state index contributed by atoms with van der Waals surface area (Å²) >= 11 is 3.50. The lowest BCUT2D eigenvalue weighted by Gasteiger charge is -2.17. The Morgan fingerprint density at radius 3 is 2.95 bits per heavy atom. The Kier molecular flexibility index (Phi) is 3.22. The Bertz CT molecular complexity index is 663. The third-order valence-corrected chi connectivity index (χ3v) is 3.63. The van der Waals surface area contributed by atoms with Crippen molar-refractivity contribution in [3.63, 3.8) is 0 Å². The molecule has 2 heterocycles. The normalized spacial score (nSPS) is 20.6. The Morgan fingerprint density at radius 1 is 1.21 bits per heavy atom. The molecule has 3 heteroatoms. The fourth-order valence-corrected chi connectivity index (χ4v) is 2.44. The molecule has 0 bridgehead atoms. The van der Waals surface area contributed by atoms with Crippen LogP contribution in [0.2, 0.25) is 0 Å².